The summed E-state index contributed by atoms with van der Waals surface area (Å²) in [4.78, 5) is 9.51. The van der Waals surface area contributed by atoms with Crippen molar-refractivity contribution < 1.29 is 8.42 Å². The molecule has 0 spiro atoms. The lowest BCUT2D eigenvalue weighted by atomic mass is 10.2. The molecule has 1 aromatic heterocycles. The Kier molecular flexibility index (Phi) is 4.99. The maximum absolute atomic E-state index is 12.3. The number of rotatable bonds is 7. The highest BCUT2D eigenvalue weighted by molar-refractivity contribution is 7.89. The Morgan fingerprint density at radius 3 is 2.56 bits per heavy atom. The number of anilines is 1. The topological polar surface area (TPSA) is 84.0 Å². The summed E-state index contributed by atoms with van der Waals surface area (Å²) < 4.78 is 27.1. The fraction of sp³-hybridized carbons (Fsp3) is 0.263. The molecule has 1 fully saturated rings. The van der Waals surface area contributed by atoms with Crippen LogP contribution in [0.2, 0.25) is 5.02 Å². The summed E-state index contributed by atoms with van der Waals surface area (Å²) >= 11 is 6.10. The monoisotopic (exact) mass is 402 g/mol. The van der Waals surface area contributed by atoms with Crippen molar-refractivity contribution in [2.75, 3.05) is 18.4 Å². The number of aromatic nitrogens is 2. The molecule has 4 rings (SSSR count). The van der Waals surface area contributed by atoms with Crippen molar-refractivity contribution in [3.63, 3.8) is 0 Å². The van der Waals surface area contributed by atoms with Crippen LogP contribution in [0.25, 0.3) is 10.9 Å². The maximum Gasteiger partial charge on any atom is 0.240 e. The van der Waals surface area contributed by atoms with Crippen LogP contribution in [0.5, 0.6) is 0 Å². The molecule has 6 nitrogen and oxygen atoms in total. The molecule has 0 aliphatic heterocycles. The van der Waals surface area contributed by atoms with E-state index in [-0.39, 0.29) is 11.4 Å². The smallest absolute Gasteiger partial charge is 0.240 e. The first-order valence-electron chi connectivity index (χ1n) is 8.79. The van der Waals surface area contributed by atoms with E-state index in [9.17, 15) is 8.42 Å². The van der Waals surface area contributed by atoms with Gasteiger partial charge in [-0.3, -0.25) is 0 Å². The van der Waals surface area contributed by atoms with E-state index in [2.05, 4.69) is 20.0 Å². The Bertz CT molecular complexity index is 1070. The van der Waals surface area contributed by atoms with Crippen LogP contribution in [0.4, 0.5) is 5.82 Å². The normalized spacial score (nSPS) is 14.4. The summed E-state index contributed by atoms with van der Waals surface area (Å²) in [6.07, 6.45) is 2.20. The lowest BCUT2D eigenvalue weighted by Gasteiger charge is -2.12. The molecule has 1 saturated carbocycles. The molecule has 1 heterocycles. The number of hydrogen-bond donors (Lipinski definition) is 2. The predicted molar refractivity (Wildman–Crippen MR) is 107 cm³/mol. The zero-order chi connectivity index (χ0) is 18.9. The average molecular weight is 403 g/mol. The fourth-order valence-electron chi connectivity index (χ4n) is 2.83. The lowest BCUT2D eigenvalue weighted by Crippen LogP contribution is -2.29. The number of benzene rings is 2. The van der Waals surface area contributed by atoms with Crippen LogP contribution in [-0.4, -0.2) is 31.5 Å². The molecule has 1 aliphatic carbocycles. The Morgan fingerprint density at radius 2 is 1.81 bits per heavy atom. The quantitative estimate of drug-likeness (QED) is 0.590. The van der Waals surface area contributed by atoms with Crippen LogP contribution >= 0.6 is 11.6 Å². The van der Waals surface area contributed by atoms with Crippen molar-refractivity contribution in [2.45, 2.75) is 23.7 Å². The number of halogens is 1. The van der Waals surface area contributed by atoms with Crippen molar-refractivity contribution in [3.8, 4) is 0 Å². The largest absolute Gasteiger partial charge is 0.368 e. The molecule has 0 amide bonds. The molecule has 2 aromatic carbocycles. The van der Waals surface area contributed by atoms with Crippen LogP contribution in [0.15, 0.2) is 53.4 Å². The van der Waals surface area contributed by atoms with Gasteiger partial charge in [-0.05, 0) is 43.2 Å². The highest BCUT2D eigenvalue weighted by Gasteiger charge is 2.27. The van der Waals surface area contributed by atoms with Gasteiger partial charge in [-0.15, -0.1) is 0 Å². The van der Waals surface area contributed by atoms with Gasteiger partial charge < -0.3 is 5.32 Å². The first-order valence-corrected chi connectivity index (χ1v) is 10.6. The Balaban J connectivity index is 1.47. The van der Waals surface area contributed by atoms with Gasteiger partial charge in [0, 0.05) is 29.4 Å². The predicted octanol–water partition coefficient (Wildman–Crippen LogP) is 3.55. The number of hydrogen-bond acceptors (Lipinski definition) is 5. The number of nitrogens with one attached hydrogen (secondary N) is 2. The summed E-state index contributed by atoms with van der Waals surface area (Å²) in [6.45, 7) is 0.653. The number of fused-ring (bicyclic) bond motifs is 1. The first kappa shape index (κ1) is 18.2. The summed E-state index contributed by atoms with van der Waals surface area (Å²) in [5.74, 6) is 1.93. The molecule has 8 heteroatoms. The third-order valence-corrected chi connectivity index (χ3v) is 6.09. The van der Waals surface area contributed by atoms with Gasteiger partial charge in [0.2, 0.25) is 10.0 Å². The van der Waals surface area contributed by atoms with Gasteiger partial charge in [0.25, 0.3) is 0 Å². The van der Waals surface area contributed by atoms with Gasteiger partial charge in [-0.2, -0.15) is 0 Å². The Labute approximate surface area is 163 Å². The summed E-state index contributed by atoms with van der Waals surface area (Å²) in [5, 5.41) is 4.73. The number of sulfonamides is 1. The van der Waals surface area contributed by atoms with E-state index < -0.39 is 10.0 Å². The first-order chi connectivity index (χ1) is 13.0. The van der Waals surface area contributed by atoms with E-state index in [0.29, 0.717) is 23.3 Å². The molecule has 3 aromatic rings. The van der Waals surface area contributed by atoms with Crippen molar-refractivity contribution >= 4 is 38.3 Å². The van der Waals surface area contributed by atoms with E-state index >= 15 is 0 Å². The molecule has 1 aliphatic rings. The third-order valence-electron chi connectivity index (χ3n) is 4.38. The van der Waals surface area contributed by atoms with Crippen LogP contribution in [0, 0.1) is 0 Å². The van der Waals surface area contributed by atoms with Crippen molar-refractivity contribution in [3.05, 3.63) is 59.4 Å². The highest BCUT2D eigenvalue weighted by atomic mass is 35.5. The van der Waals surface area contributed by atoms with Crippen LogP contribution in [0.1, 0.15) is 24.6 Å². The third kappa shape index (κ3) is 4.21. The minimum absolute atomic E-state index is 0.245. The van der Waals surface area contributed by atoms with Gasteiger partial charge in [-0.1, -0.05) is 29.8 Å². The Morgan fingerprint density at radius 1 is 1.04 bits per heavy atom. The van der Waals surface area contributed by atoms with E-state index in [1.165, 1.54) is 0 Å². The van der Waals surface area contributed by atoms with Crippen LogP contribution in [-0.2, 0) is 10.0 Å². The minimum atomic E-state index is -3.51. The van der Waals surface area contributed by atoms with E-state index in [1.54, 1.807) is 36.4 Å². The number of nitrogens with zero attached hydrogens (tertiary/aromatic N) is 2. The SMILES string of the molecule is O=S(=O)(NCCNc1nc(C2CC2)nc2cc(Cl)ccc12)c1ccccc1. The van der Waals surface area contributed by atoms with Gasteiger partial charge in [0.1, 0.15) is 11.6 Å². The van der Waals surface area contributed by atoms with E-state index in [4.69, 9.17) is 11.6 Å². The summed E-state index contributed by atoms with van der Waals surface area (Å²) in [7, 11) is -3.51. The second kappa shape index (κ2) is 7.42. The zero-order valence-corrected chi connectivity index (χ0v) is 16.1. The zero-order valence-electron chi connectivity index (χ0n) is 14.5. The van der Waals surface area contributed by atoms with Crippen LogP contribution < -0.4 is 10.0 Å². The molecular weight excluding hydrogens is 384 g/mol. The molecule has 140 valence electrons. The van der Waals surface area contributed by atoms with Crippen molar-refractivity contribution in [1.29, 1.82) is 0 Å². The summed E-state index contributed by atoms with van der Waals surface area (Å²) in [5.41, 5.74) is 0.798. The molecule has 2 N–H and O–H groups in total. The average Bonchev–Trinajstić information content (AvgIpc) is 3.50. The lowest BCUT2D eigenvalue weighted by molar-refractivity contribution is 0.583. The second-order valence-corrected chi connectivity index (χ2v) is 8.71. The van der Waals surface area contributed by atoms with Crippen LogP contribution in [0.3, 0.4) is 0 Å². The molecular formula is C19H19ClN4O2S. The molecule has 0 unspecified atom stereocenters. The molecule has 0 saturated heterocycles. The summed E-state index contributed by atoms with van der Waals surface area (Å²) in [6, 6.07) is 13.8. The van der Waals surface area contributed by atoms with E-state index in [1.807, 2.05) is 12.1 Å². The molecule has 27 heavy (non-hydrogen) atoms. The minimum Gasteiger partial charge on any atom is -0.368 e. The fourth-order valence-corrected chi connectivity index (χ4v) is 4.05. The van der Waals surface area contributed by atoms with Crippen molar-refractivity contribution in [1.82, 2.24) is 14.7 Å². The van der Waals surface area contributed by atoms with Gasteiger partial charge in [0.05, 0.1) is 10.4 Å². The Hall–Kier alpha value is -2.22. The van der Waals surface area contributed by atoms with Gasteiger partial charge in [0.15, 0.2) is 0 Å². The standard InChI is InChI=1S/C19H19ClN4O2S/c20-14-8-9-16-17(12-14)23-18(13-6-7-13)24-19(16)21-10-11-22-27(25,26)15-4-2-1-3-5-15/h1-5,8-9,12-13,22H,6-7,10-11H2,(H,21,23,24). The van der Waals surface area contributed by atoms with E-state index in [0.717, 1.165) is 29.6 Å². The molecule has 0 atom stereocenters. The van der Waals surface area contributed by atoms with Crippen molar-refractivity contribution in [2.24, 2.45) is 0 Å². The second-order valence-electron chi connectivity index (χ2n) is 6.50. The maximum atomic E-state index is 12.3. The van der Waals surface area contributed by atoms with Gasteiger partial charge >= 0.3 is 0 Å². The highest BCUT2D eigenvalue weighted by Crippen LogP contribution is 2.39. The molecule has 0 bridgehead atoms. The molecule has 0 radical (unpaired) electrons. The van der Waals surface area contributed by atoms with Gasteiger partial charge in [-0.25, -0.2) is 23.1 Å².